The predicted octanol–water partition coefficient (Wildman–Crippen LogP) is 3.83. The lowest BCUT2D eigenvalue weighted by Gasteiger charge is -2.29. The van der Waals surface area contributed by atoms with E-state index in [-0.39, 0.29) is 24.3 Å². The number of benzene rings is 2. The molecule has 0 spiro atoms. The lowest BCUT2D eigenvalue weighted by molar-refractivity contribution is -0.140. The number of amides is 2. The quantitative estimate of drug-likeness (QED) is 0.729. The summed E-state index contributed by atoms with van der Waals surface area (Å²) in [5.74, 6) is 0.450. The van der Waals surface area contributed by atoms with E-state index in [1.165, 1.54) is 0 Å². The highest BCUT2D eigenvalue weighted by atomic mass is 35.5. The zero-order chi connectivity index (χ0) is 20.7. The SMILES string of the molecule is COc1ccc(CN(C(=O)Cc2ccc(Cl)cc2)C(C)C(=O)NC(C)C)cc1. The molecule has 1 unspecified atom stereocenters. The van der Waals surface area contributed by atoms with Gasteiger partial charge in [-0.15, -0.1) is 0 Å². The largest absolute Gasteiger partial charge is 0.497 e. The van der Waals surface area contributed by atoms with Crippen LogP contribution in [0.4, 0.5) is 0 Å². The van der Waals surface area contributed by atoms with Gasteiger partial charge in [0.05, 0.1) is 13.5 Å². The smallest absolute Gasteiger partial charge is 0.242 e. The first kappa shape index (κ1) is 21.8. The molecule has 1 atom stereocenters. The van der Waals surface area contributed by atoms with Crippen molar-refractivity contribution in [2.45, 2.75) is 45.8 Å². The van der Waals surface area contributed by atoms with Crippen molar-refractivity contribution < 1.29 is 14.3 Å². The van der Waals surface area contributed by atoms with Gasteiger partial charge in [-0.2, -0.15) is 0 Å². The lowest BCUT2D eigenvalue weighted by atomic mass is 10.1. The number of ether oxygens (including phenoxy) is 1. The molecule has 0 aliphatic heterocycles. The Morgan fingerprint density at radius 3 is 2.11 bits per heavy atom. The molecule has 28 heavy (non-hydrogen) atoms. The minimum absolute atomic E-state index is 0.00385. The third-order valence-corrected chi connectivity index (χ3v) is 4.63. The van der Waals surface area contributed by atoms with Crippen LogP contribution in [0.5, 0.6) is 5.75 Å². The summed E-state index contributed by atoms with van der Waals surface area (Å²) in [7, 11) is 1.61. The number of carbonyl (C=O) groups is 2. The molecule has 0 aliphatic rings. The highest BCUT2D eigenvalue weighted by Crippen LogP contribution is 2.17. The maximum Gasteiger partial charge on any atom is 0.242 e. The zero-order valence-corrected chi connectivity index (χ0v) is 17.5. The topological polar surface area (TPSA) is 58.6 Å². The van der Waals surface area contributed by atoms with Crippen molar-refractivity contribution in [3.63, 3.8) is 0 Å². The first-order valence-electron chi connectivity index (χ1n) is 9.27. The predicted molar refractivity (Wildman–Crippen MR) is 111 cm³/mol. The Morgan fingerprint density at radius 1 is 1.00 bits per heavy atom. The molecule has 2 rings (SSSR count). The van der Waals surface area contributed by atoms with Gasteiger partial charge in [0.25, 0.3) is 0 Å². The number of carbonyl (C=O) groups excluding carboxylic acids is 2. The van der Waals surface area contributed by atoms with E-state index in [0.717, 1.165) is 16.9 Å². The van der Waals surface area contributed by atoms with Crippen LogP contribution in [-0.4, -0.2) is 35.9 Å². The lowest BCUT2D eigenvalue weighted by Crippen LogP contribution is -2.49. The Balaban J connectivity index is 2.21. The molecule has 6 heteroatoms. The summed E-state index contributed by atoms with van der Waals surface area (Å²) in [5, 5.41) is 3.50. The standard InChI is InChI=1S/C22H27ClN2O3/c1-15(2)24-22(27)16(3)25(14-18-7-11-20(28-4)12-8-18)21(26)13-17-5-9-19(23)10-6-17/h5-12,15-16H,13-14H2,1-4H3,(H,24,27). The monoisotopic (exact) mass is 402 g/mol. The van der Waals surface area contributed by atoms with E-state index in [4.69, 9.17) is 16.3 Å². The highest BCUT2D eigenvalue weighted by molar-refractivity contribution is 6.30. The summed E-state index contributed by atoms with van der Waals surface area (Å²) in [5.41, 5.74) is 1.78. The molecule has 0 saturated carbocycles. The zero-order valence-electron chi connectivity index (χ0n) is 16.7. The Kier molecular flexibility index (Phi) is 7.88. The Bertz CT molecular complexity index is 788. The second-order valence-corrected chi connectivity index (χ2v) is 7.45. The van der Waals surface area contributed by atoms with Crippen molar-refractivity contribution in [3.05, 3.63) is 64.7 Å². The van der Waals surface area contributed by atoms with Crippen LogP contribution >= 0.6 is 11.6 Å². The number of halogens is 1. The van der Waals surface area contributed by atoms with Gasteiger partial charge in [-0.05, 0) is 56.2 Å². The van der Waals surface area contributed by atoms with Gasteiger partial charge in [0.2, 0.25) is 11.8 Å². The van der Waals surface area contributed by atoms with Crippen LogP contribution in [0.25, 0.3) is 0 Å². The average molecular weight is 403 g/mol. The highest BCUT2D eigenvalue weighted by Gasteiger charge is 2.26. The number of nitrogens with one attached hydrogen (secondary N) is 1. The minimum atomic E-state index is -0.593. The van der Waals surface area contributed by atoms with Gasteiger partial charge in [-0.3, -0.25) is 9.59 Å². The molecule has 0 saturated heterocycles. The number of rotatable bonds is 8. The van der Waals surface area contributed by atoms with Crippen LogP contribution in [0.3, 0.4) is 0 Å². The summed E-state index contributed by atoms with van der Waals surface area (Å²) in [4.78, 5) is 27.2. The van der Waals surface area contributed by atoms with E-state index in [9.17, 15) is 9.59 Å². The number of methoxy groups -OCH3 is 1. The van der Waals surface area contributed by atoms with Crippen molar-refractivity contribution in [2.75, 3.05) is 7.11 Å². The van der Waals surface area contributed by atoms with Crippen molar-refractivity contribution in [2.24, 2.45) is 0 Å². The summed E-state index contributed by atoms with van der Waals surface area (Å²) in [6.07, 6.45) is 0.201. The molecule has 0 bridgehead atoms. The van der Waals surface area contributed by atoms with Gasteiger partial charge in [0.15, 0.2) is 0 Å². The third kappa shape index (κ3) is 6.27. The maximum absolute atomic E-state index is 13.0. The third-order valence-electron chi connectivity index (χ3n) is 4.38. The van der Waals surface area contributed by atoms with Gasteiger partial charge in [-0.25, -0.2) is 0 Å². The second kappa shape index (κ2) is 10.1. The summed E-state index contributed by atoms with van der Waals surface area (Å²) >= 11 is 5.92. The first-order chi connectivity index (χ1) is 13.3. The van der Waals surface area contributed by atoms with E-state index in [0.29, 0.717) is 11.6 Å². The molecule has 2 amide bonds. The summed E-state index contributed by atoms with van der Waals surface area (Å²) < 4.78 is 5.18. The number of nitrogens with zero attached hydrogens (tertiary/aromatic N) is 1. The van der Waals surface area contributed by atoms with E-state index >= 15 is 0 Å². The van der Waals surface area contributed by atoms with Gasteiger partial charge in [0.1, 0.15) is 11.8 Å². The van der Waals surface area contributed by atoms with Crippen molar-refractivity contribution >= 4 is 23.4 Å². The molecule has 150 valence electrons. The summed E-state index contributed by atoms with van der Waals surface area (Å²) in [6, 6.07) is 14.1. The number of hydrogen-bond donors (Lipinski definition) is 1. The Hall–Kier alpha value is -2.53. The van der Waals surface area contributed by atoms with Crippen LogP contribution in [0.15, 0.2) is 48.5 Å². The second-order valence-electron chi connectivity index (χ2n) is 7.01. The van der Waals surface area contributed by atoms with E-state index in [2.05, 4.69) is 5.32 Å². The fourth-order valence-corrected chi connectivity index (χ4v) is 2.92. The van der Waals surface area contributed by atoms with Crippen LogP contribution in [-0.2, 0) is 22.6 Å². The molecular formula is C22H27ClN2O3. The molecular weight excluding hydrogens is 376 g/mol. The molecule has 0 aliphatic carbocycles. The fourth-order valence-electron chi connectivity index (χ4n) is 2.79. The normalized spacial score (nSPS) is 11.8. The van der Waals surface area contributed by atoms with Gasteiger partial charge in [0, 0.05) is 17.6 Å². The van der Waals surface area contributed by atoms with Crippen LogP contribution in [0.1, 0.15) is 31.9 Å². The molecule has 2 aromatic rings. The molecule has 1 N–H and O–H groups in total. The fraction of sp³-hybridized carbons (Fsp3) is 0.364. The van der Waals surface area contributed by atoms with Gasteiger partial charge in [-0.1, -0.05) is 35.9 Å². The minimum Gasteiger partial charge on any atom is -0.497 e. The van der Waals surface area contributed by atoms with Crippen LogP contribution < -0.4 is 10.1 Å². The van der Waals surface area contributed by atoms with E-state index in [1.54, 1.807) is 31.1 Å². The molecule has 0 aromatic heterocycles. The van der Waals surface area contributed by atoms with E-state index < -0.39 is 6.04 Å². The van der Waals surface area contributed by atoms with Crippen molar-refractivity contribution in [1.82, 2.24) is 10.2 Å². The molecule has 2 aromatic carbocycles. The molecule has 0 radical (unpaired) electrons. The first-order valence-corrected chi connectivity index (χ1v) is 9.65. The molecule has 5 nitrogen and oxygen atoms in total. The number of hydrogen-bond acceptors (Lipinski definition) is 3. The van der Waals surface area contributed by atoms with Crippen molar-refractivity contribution in [1.29, 1.82) is 0 Å². The molecule has 0 heterocycles. The van der Waals surface area contributed by atoms with Crippen molar-refractivity contribution in [3.8, 4) is 5.75 Å². The maximum atomic E-state index is 13.0. The van der Waals surface area contributed by atoms with Gasteiger partial charge >= 0.3 is 0 Å². The van der Waals surface area contributed by atoms with Crippen LogP contribution in [0, 0.1) is 0 Å². The Morgan fingerprint density at radius 2 is 1.57 bits per heavy atom. The van der Waals surface area contributed by atoms with Crippen LogP contribution in [0.2, 0.25) is 5.02 Å². The molecule has 0 fully saturated rings. The summed E-state index contributed by atoms with van der Waals surface area (Å²) in [6.45, 7) is 5.88. The van der Waals surface area contributed by atoms with Gasteiger partial charge < -0.3 is 15.0 Å². The Labute approximate surface area is 171 Å². The van der Waals surface area contributed by atoms with E-state index in [1.807, 2.05) is 50.2 Å². The average Bonchev–Trinajstić information content (AvgIpc) is 2.67.